The number of anilines is 3. The molecule has 3 aromatic rings. The SMILES string of the molecule is Cc1nn(C)c2nc(N3CCOCC3)c(NC(=O)N(C=O)c3ccc(F)c(C(F)(F)F)c3)cc12. The average molecular weight is 480 g/mol. The Balaban J connectivity index is 1.72. The maximum atomic E-state index is 13.7. The van der Waals surface area contributed by atoms with Crippen LogP contribution in [0, 0.1) is 12.7 Å². The van der Waals surface area contributed by atoms with Crippen molar-refractivity contribution in [1.29, 1.82) is 0 Å². The number of pyridine rings is 1. The van der Waals surface area contributed by atoms with Crippen LogP contribution in [-0.2, 0) is 22.8 Å². The van der Waals surface area contributed by atoms with Gasteiger partial charge < -0.3 is 15.0 Å². The Morgan fingerprint density at radius 3 is 2.59 bits per heavy atom. The van der Waals surface area contributed by atoms with Gasteiger partial charge in [-0.2, -0.15) is 18.3 Å². The van der Waals surface area contributed by atoms with E-state index < -0.39 is 29.3 Å². The van der Waals surface area contributed by atoms with Crippen molar-refractivity contribution in [3.8, 4) is 0 Å². The molecule has 0 radical (unpaired) electrons. The molecule has 0 bridgehead atoms. The number of fused-ring (bicyclic) bond motifs is 1. The standard InChI is InChI=1S/C21H20F4N6O3/c1-12-14-10-17(19(27-18(14)29(2)28-12)30-5-7-34-8-6-30)26-20(33)31(11-32)13-3-4-16(22)15(9-13)21(23,24)25/h3-4,9-11H,5-8H2,1-2H3,(H,26,33). The highest BCUT2D eigenvalue weighted by atomic mass is 19.4. The van der Waals surface area contributed by atoms with Gasteiger partial charge in [0.15, 0.2) is 11.5 Å². The summed E-state index contributed by atoms with van der Waals surface area (Å²) in [4.78, 5) is 31.6. The van der Waals surface area contributed by atoms with Gasteiger partial charge in [0.25, 0.3) is 0 Å². The smallest absolute Gasteiger partial charge is 0.378 e. The quantitative estimate of drug-likeness (QED) is 0.454. The number of amides is 3. The lowest BCUT2D eigenvalue weighted by molar-refractivity contribution is -0.140. The van der Waals surface area contributed by atoms with E-state index in [1.807, 2.05) is 4.90 Å². The third-order valence-corrected chi connectivity index (χ3v) is 5.39. The molecule has 34 heavy (non-hydrogen) atoms. The zero-order chi connectivity index (χ0) is 24.6. The fraction of sp³-hybridized carbons (Fsp3) is 0.333. The molecule has 3 amide bonds. The molecule has 180 valence electrons. The number of benzene rings is 1. The first kappa shape index (κ1) is 23.4. The number of morpholine rings is 1. The molecule has 1 aromatic carbocycles. The van der Waals surface area contributed by atoms with E-state index in [2.05, 4.69) is 15.4 Å². The van der Waals surface area contributed by atoms with E-state index in [-0.39, 0.29) is 12.1 Å². The lowest BCUT2D eigenvalue weighted by Crippen LogP contribution is -2.38. The lowest BCUT2D eigenvalue weighted by Gasteiger charge is -2.30. The fourth-order valence-electron chi connectivity index (χ4n) is 3.72. The molecule has 1 saturated heterocycles. The summed E-state index contributed by atoms with van der Waals surface area (Å²) >= 11 is 0. The Morgan fingerprint density at radius 2 is 1.94 bits per heavy atom. The first-order valence-corrected chi connectivity index (χ1v) is 10.2. The molecule has 3 heterocycles. The summed E-state index contributed by atoms with van der Waals surface area (Å²) in [5, 5.41) is 7.53. The minimum Gasteiger partial charge on any atom is -0.378 e. The van der Waals surface area contributed by atoms with Crippen LogP contribution in [0.5, 0.6) is 0 Å². The van der Waals surface area contributed by atoms with Crippen molar-refractivity contribution in [2.45, 2.75) is 13.1 Å². The highest BCUT2D eigenvalue weighted by molar-refractivity contribution is 6.13. The van der Waals surface area contributed by atoms with Gasteiger partial charge >= 0.3 is 12.2 Å². The number of carbonyl (C=O) groups is 2. The topological polar surface area (TPSA) is 92.6 Å². The molecule has 2 aromatic heterocycles. The minimum absolute atomic E-state index is 0.0540. The largest absolute Gasteiger partial charge is 0.419 e. The van der Waals surface area contributed by atoms with Crippen LogP contribution >= 0.6 is 0 Å². The van der Waals surface area contributed by atoms with E-state index in [1.165, 1.54) is 0 Å². The van der Waals surface area contributed by atoms with Gasteiger partial charge in [-0.3, -0.25) is 9.48 Å². The number of imide groups is 1. The third-order valence-electron chi connectivity index (χ3n) is 5.39. The molecule has 13 heteroatoms. The van der Waals surface area contributed by atoms with Crippen LogP contribution in [0.3, 0.4) is 0 Å². The van der Waals surface area contributed by atoms with Crippen molar-refractivity contribution in [2.24, 2.45) is 7.05 Å². The molecule has 1 fully saturated rings. The minimum atomic E-state index is -5.00. The monoisotopic (exact) mass is 480 g/mol. The molecule has 1 aliphatic rings. The van der Waals surface area contributed by atoms with E-state index in [0.29, 0.717) is 65.9 Å². The Morgan fingerprint density at radius 1 is 1.24 bits per heavy atom. The Hall–Kier alpha value is -3.74. The summed E-state index contributed by atoms with van der Waals surface area (Å²) in [7, 11) is 1.73. The van der Waals surface area contributed by atoms with Crippen molar-refractivity contribution < 1.29 is 31.9 Å². The molecule has 0 saturated carbocycles. The highest BCUT2D eigenvalue weighted by Gasteiger charge is 2.35. The van der Waals surface area contributed by atoms with Crippen LogP contribution in [0.15, 0.2) is 24.3 Å². The van der Waals surface area contributed by atoms with Crippen molar-refractivity contribution in [3.05, 3.63) is 41.3 Å². The third kappa shape index (κ3) is 4.38. The molecule has 0 spiro atoms. The second-order valence-corrected chi connectivity index (χ2v) is 7.61. The predicted molar refractivity (Wildman–Crippen MR) is 115 cm³/mol. The summed E-state index contributed by atoms with van der Waals surface area (Å²) in [6.07, 6.45) is -4.94. The number of urea groups is 1. The van der Waals surface area contributed by atoms with Gasteiger partial charge in [0, 0.05) is 25.5 Å². The summed E-state index contributed by atoms with van der Waals surface area (Å²) in [6, 6.07) is 2.47. The van der Waals surface area contributed by atoms with Crippen molar-refractivity contribution in [2.75, 3.05) is 41.4 Å². The van der Waals surface area contributed by atoms with Crippen molar-refractivity contribution >= 4 is 40.7 Å². The van der Waals surface area contributed by atoms with Crippen LogP contribution in [0.1, 0.15) is 11.3 Å². The Bertz CT molecular complexity index is 1250. The Labute approximate surface area is 190 Å². The van der Waals surface area contributed by atoms with Gasteiger partial charge in [0.05, 0.1) is 35.8 Å². The number of carbonyl (C=O) groups excluding carboxylic acids is 2. The number of ether oxygens (including phenoxy) is 1. The van der Waals surface area contributed by atoms with E-state index in [0.717, 1.165) is 6.07 Å². The van der Waals surface area contributed by atoms with Gasteiger partial charge in [0.1, 0.15) is 5.82 Å². The first-order valence-electron chi connectivity index (χ1n) is 10.2. The summed E-state index contributed by atoms with van der Waals surface area (Å²) in [5.41, 5.74) is -0.582. The number of nitrogens with one attached hydrogen (secondary N) is 1. The van der Waals surface area contributed by atoms with Crippen LogP contribution < -0.4 is 15.1 Å². The first-order chi connectivity index (χ1) is 16.1. The number of hydrogen-bond donors (Lipinski definition) is 1. The molecule has 0 atom stereocenters. The molecule has 4 rings (SSSR count). The highest BCUT2D eigenvalue weighted by Crippen LogP contribution is 2.34. The maximum absolute atomic E-state index is 13.7. The predicted octanol–water partition coefficient (Wildman–Crippen LogP) is 3.47. The molecular formula is C21H20F4N6O3. The summed E-state index contributed by atoms with van der Waals surface area (Å²) < 4.78 is 60.0. The number of halogens is 4. The molecular weight excluding hydrogens is 460 g/mol. The maximum Gasteiger partial charge on any atom is 0.419 e. The Kier molecular flexibility index (Phi) is 6.13. The number of hydrogen-bond acceptors (Lipinski definition) is 6. The van der Waals surface area contributed by atoms with Crippen LogP contribution in [0.2, 0.25) is 0 Å². The molecule has 1 aliphatic heterocycles. The van der Waals surface area contributed by atoms with Gasteiger partial charge in [-0.15, -0.1) is 0 Å². The van der Waals surface area contributed by atoms with Crippen molar-refractivity contribution in [1.82, 2.24) is 14.8 Å². The number of aromatic nitrogens is 3. The normalized spacial score (nSPS) is 14.4. The number of aryl methyl sites for hydroxylation is 2. The second kappa shape index (κ2) is 8.89. The number of rotatable bonds is 4. The van der Waals surface area contributed by atoms with E-state index >= 15 is 0 Å². The fourth-order valence-corrected chi connectivity index (χ4v) is 3.72. The molecule has 1 N–H and O–H groups in total. The van der Waals surface area contributed by atoms with Gasteiger partial charge in [-0.25, -0.2) is 19.1 Å². The summed E-state index contributed by atoms with van der Waals surface area (Å²) in [6.45, 7) is 3.62. The van der Waals surface area contributed by atoms with Gasteiger partial charge in [0.2, 0.25) is 6.41 Å². The van der Waals surface area contributed by atoms with Crippen LogP contribution in [-0.4, -0.2) is 53.5 Å². The van der Waals surface area contributed by atoms with E-state index in [4.69, 9.17) is 4.74 Å². The second-order valence-electron chi connectivity index (χ2n) is 7.61. The number of nitrogens with zero attached hydrogens (tertiary/aromatic N) is 5. The van der Waals surface area contributed by atoms with E-state index in [9.17, 15) is 27.2 Å². The van der Waals surface area contributed by atoms with Crippen molar-refractivity contribution in [3.63, 3.8) is 0 Å². The van der Waals surface area contributed by atoms with Gasteiger partial charge in [-0.1, -0.05) is 0 Å². The van der Waals surface area contributed by atoms with Gasteiger partial charge in [-0.05, 0) is 31.2 Å². The zero-order valence-corrected chi connectivity index (χ0v) is 18.2. The average Bonchev–Trinajstić information content (AvgIpc) is 3.07. The molecule has 0 unspecified atom stereocenters. The molecule has 9 nitrogen and oxygen atoms in total. The number of alkyl halides is 3. The van der Waals surface area contributed by atoms with Crippen LogP contribution in [0.25, 0.3) is 11.0 Å². The lowest BCUT2D eigenvalue weighted by atomic mass is 10.1. The zero-order valence-electron chi connectivity index (χ0n) is 18.2. The van der Waals surface area contributed by atoms with E-state index in [1.54, 1.807) is 24.7 Å². The molecule has 0 aliphatic carbocycles. The van der Waals surface area contributed by atoms with Crippen LogP contribution in [0.4, 0.5) is 39.5 Å². The summed E-state index contributed by atoms with van der Waals surface area (Å²) in [5.74, 6) is -1.12.